The minimum Gasteiger partial charge on any atom is -0.350 e. The molecule has 1 N–H and O–H groups in total. The number of nitrogens with zero attached hydrogens (tertiary/aromatic N) is 3. The molecule has 0 atom stereocenters. The number of nitriles is 1. The van der Waals surface area contributed by atoms with E-state index >= 15 is 0 Å². The normalized spacial score (nSPS) is 18.7. The lowest BCUT2D eigenvalue weighted by Crippen LogP contribution is -2.31. The summed E-state index contributed by atoms with van der Waals surface area (Å²) in [4.78, 5) is 17.1. The molecule has 1 amide bonds. The van der Waals surface area contributed by atoms with Gasteiger partial charge in [0, 0.05) is 19.4 Å². The van der Waals surface area contributed by atoms with Gasteiger partial charge in [-0.15, -0.1) is 0 Å². The number of carbonyl (C=O) groups is 1. The highest BCUT2D eigenvalue weighted by atomic mass is 19.4. The molecule has 1 aliphatic rings. The number of halogens is 4. The summed E-state index contributed by atoms with van der Waals surface area (Å²) in [6.45, 7) is 4.47. The van der Waals surface area contributed by atoms with Gasteiger partial charge in [-0.2, -0.15) is 18.4 Å². The number of alkyl halides is 3. The molecule has 3 rings (SSSR count). The summed E-state index contributed by atoms with van der Waals surface area (Å²) in [7, 11) is 0. The van der Waals surface area contributed by atoms with E-state index in [9.17, 15) is 27.6 Å². The van der Waals surface area contributed by atoms with Crippen LogP contribution in [0.2, 0.25) is 0 Å². The number of nitrogens with one attached hydrogen (secondary N) is 1. The largest absolute Gasteiger partial charge is 0.389 e. The van der Waals surface area contributed by atoms with E-state index in [4.69, 9.17) is 0 Å². The average Bonchev–Trinajstić information content (AvgIpc) is 3.15. The zero-order valence-electron chi connectivity index (χ0n) is 18.8. The number of hydrogen-bond donors (Lipinski definition) is 1. The van der Waals surface area contributed by atoms with Gasteiger partial charge in [0.2, 0.25) is 0 Å². The summed E-state index contributed by atoms with van der Waals surface area (Å²) in [6.07, 6.45) is -1.08. The maximum Gasteiger partial charge on any atom is 0.389 e. The van der Waals surface area contributed by atoms with Crippen LogP contribution in [-0.4, -0.2) is 28.2 Å². The fourth-order valence-electron chi connectivity index (χ4n) is 4.25. The Morgan fingerprint density at radius 1 is 1.27 bits per heavy atom. The van der Waals surface area contributed by atoms with Crippen LogP contribution in [0.1, 0.15) is 73.5 Å². The Kier molecular flexibility index (Phi) is 7.77. The van der Waals surface area contributed by atoms with Crippen molar-refractivity contribution in [3.05, 3.63) is 46.8 Å². The van der Waals surface area contributed by atoms with Crippen molar-refractivity contribution in [1.29, 1.82) is 5.26 Å². The third-order valence-electron chi connectivity index (χ3n) is 6.22. The molecule has 0 radical (unpaired) electrons. The molecule has 0 aliphatic heterocycles. The highest BCUT2D eigenvalue weighted by molar-refractivity contribution is 5.94. The van der Waals surface area contributed by atoms with Gasteiger partial charge in [-0.05, 0) is 48.8 Å². The molecule has 0 spiro atoms. The van der Waals surface area contributed by atoms with Crippen molar-refractivity contribution in [3.8, 4) is 11.8 Å². The van der Waals surface area contributed by atoms with Gasteiger partial charge in [0.1, 0.15) is 17.7 Å². The van der Waals surface area contributed by atoms with Crippen molar-refractivity contribution in [1.82, 2.24) is 14.9 Å². The van der Waals surface area contributed by atoms with E-state index in [1.165, 1.54) is 16.7 Å². The number of benzene rings is 1. The van der Waals surface area contributed by atoms with Crippen LogP contribution in [0.3, 0.4) is 0 Å². The van der Waals surface area contributed by atoms with Crippen molar-refractivity contribution in [2.24, 2.45) is 11.8 Å². The molecular formula is C24H28F4N4O. The van der Waals surface area contributed by atoms with Gasteiger partial charge >= 0.3 is 6.18 Å². The number of hydrogen-bond acceptors (Lipinski definition) is 3. The van der Waals surface area contributed by atoms with Gasteiger partial charge < -0.3 is 5.32 Å². The predicted octanol–water partition coefficient (Wildman–Crippen LogP) is 5.50. The zero-order valence-corrected chi connectivity index (χ0v) is 18.8. The lowest BCUT2D eigenvalue weighted by atomic mass is 9.83. The Balaban J connectivity index is 1.83. The second-order valence-corrected chi connectivity index (χ2v) is 8.76. The van der Waals surface area contributed by atoms with E-state index in [0.717, 1.165) is 31.7 Å². The second kappa shape index (κ2) is 10.4. The summed E-state index contributed by atoms with van der Waals surface area (Å²) in [5.41, 5.74) is 0.0135. The van der Waals surface area contributed by atoms with E-state index in [1.54, 1.807) is 6.92 Å². The summed E-state index contributed by atoms with van der Waals surface area (Å²) < 4.78 is 53.6. The van der Waals surface area contributed by atoms with E-state index < -0.39 is 24.3 Å². The Hall–Kier alpha value is -2.89. The van der Waals surface area contributed by atoms with E-state index in [2.05, 4.69) is 17.2 Å². The minimum atomic E-state index is -4.33. The summed E-state index contributed by atoms with van der Waals surface area (Å²) in [5.74, 6) is 0.136. The SMILES string of the molecule is CCc1nc(C(=O)NCC2CCC(C)CC2)c(C#N)n1-c1ccc(CCC(F)(F)F)cc1F. The smallest absolute Gasteiger partial charge is 0.350 e. The summed E-state index contributed by atoms with van der Waals surface area (Å²) in [5, 5.41) is 12.6. The van der Waals surface area contributed by atoms with E-state index in [-0.39, 0.29) is 29.1 Å². The molecule has 1 aliphatic carbocycles. The van der Waals surface area contributed by atoms with Gasteiger partial charge in [0.15, 0.2) is 11.4 Å². The van der Waals surface area contributed by atoms with Crippen molar-refractivity contribution >= 4 is 5.91 Å². The van der Waals surface area contributed by atoms with Crippen LogP contribution in [0.25, 0.3) is 5.69 Å². The third kappa shape index (κ3) is 6.12. The number of carbonyl (C=O) groups excluding carboxylic acids is 1. The molecule has 0 unspecified atom stereocenters. The van der Waals surface area contributed by atoms with Crippen LogP contribution in [0.4, 0.5) is 17.6 Å². The molecule has 9 heteroatoms. The molecule has 2 aromatic rings. The van der Waals surface area contributed by atoms with Crippen LogP contribution in [0.5, 0.6) is 0 Å². The number of amides is 1. The van der Waals surface area contributed by atoms with Crippen LogP contribution in [0.15, 0.2) is 18.2 Å². The molecule has 1 saturated carbocycles. The van der Waals surface area contributed by atoms with Crippen LogP contribution < -0.4 is 5.32 Å². The maximum atomic E-state index is 14.9. The molecule has 1 fully saturated rings. The Labute approximate surface area is 190 Å². The molecule has 33 heavy (non-hydrogen) atoms. The maximum absolute atomic E-state index is 14.9. The van der Waals surface area contributed by atoms with Crippen LogP contribution in [-0.2, 0) is 12.8 Å². The van der Waals surface area contributed by atoms with Gasteiger partial charge in [0.05, 0.1) is 5.69 Å². The van der Waals surface area contributed by atoms with Gasteiger partial charge in [-0.1, -0.05) is 32.8 Å². The standard InChI is InChI=1S/C24H28F4N4O/c1-3-21-31-22(23(33)30-14-17-6-4-15(2)5-7-17)20(13-29)32(21)19-9-8-16(12-18(19)25)10-11-24(26,27)28/h8-9,12,15,17H,3-7,10-11,14H2,1-2H3,(H,30,33). The Morgan fingerprint density at radius 2 is 1.97 bits per heavy atom. The molecule has 0 bridgehead atoms. The number of aryl methyl sites for hydroxylation is 2. The molecule has 1 aromatic heterocycles. The van der Waals surface area contributed by atoms with Crippen molar-refractivity contribution in [3.63, 3.8) is 0 Å². The lowest BCUT2D eigenvalue weighted by Gasteiger charge is -2.26. The Morgan fingerprint density at radius 3 is 2.55 bits per heavy atom. The van der Waals surface area contributed by atoms with Gasteiger partial charge in [-0.3, -0.25) is 9.36 Å². The fraction of sp³-hybridized carbons (Fsp3) is 0.542. The van der Waals surface area contributed by atoms with E-state index in [0.29, 0.717) is 30.6 Å². The minimum absolute atomic E-state index is 0.0213. The molecule has 1 aromatic carbocycles. The first-order valence-corrected chi connectivity index (χ1v) is 11.3. The summed E-state index contributed by atoms with van der Waals surface area (Å²) >= 11 is 0. The summed E-state index contributed by atoms with van der Waals surface area (Å²) in [6, 6.07) is 5.71. The highest BCUT2D eigenvalue weighted by Crippen LogP contribution is 2.28. The topological polar surface area (TPSA) is 70.7 Å². The molecule has 5 nitrogen and oxygen atoms in total. The predicted molar refractivity (Wildman–Crippen MR) is 115 cm³/mol. The first kappa shape index (κ1) is 24.7. The first-order valence-electron chi connectivity index (χ1n) is 11.3. The fourth-order valence-corrected chi connectivity index (χ4v) is 4.25. The average molecular weight is 465 g/mol. The number of imidazole rings is 1. The Bertz CT molecular complexity index is 1030. The third-order valence-corrected chi connectivity index (χ3v) is 6.22. The monoisotopic (exact) mass is 464 g/mol. The quantitative estimate of drug-likeness (QED) is 0.551. The van der Waals surface area contributed by atoms with Crippen LogP contribution in [0, 0.1) is 29.0 Å². The molecule has 1 heterocycles. The number of rotatable bonds is 7. The van der Waals surface area contributed by atoms with Gasteiger partial charge in [0.25, 0.3) is 5.91 Å². The molecule has 178 valence electrons. The van der Waals surface area contributed by atoms with Crippen molar-refractivity contribution in [2.75, 3.05) is 6.54 Å². The first-order chi connectivity index (χ1) is 15.6. The molecule has 0 saturated heterocycles. The van der Waals surface area contributed by atoms with Crippen molar-refractivity contribution in [2.45, 2.75) is 65.0 Å². The highest BCUT2D eigenvalue weighted by Gasteiger charge is 2.28. The molecular weight excluding hydrogens is 436 g/mol. The van der Waals surface area contributed by atoms with E-state index in [1.807, 2.05) is 6.07 Å². The second-order valence-electron chi connectivity index (χ2n) is 8.76. The zero-order chi connectivity index (χ0) is 24.2. The van der Waals surface area contributed by atoms with Crippen molar-refractivity contribution < 1.29 is 22.4 Å². The number of aromatic nitrogens is 2. The van der Waals surface area contributed by atoms with Crippen LogP contribution >= 0.6 is 0 Å². The van der Waals surface area contributed by atoms with Gasteiger partial charge in [-0.25, -0.2) is 9.37 Å². The lowest BCUT2D eigenvalue weighted by molar-refractivity contribution is -0.134.